The van der Waals surface area contributed by atoms with Crippen molar-refractivity contribution in [3.63, 3.8) is 0 Å². The van der Waals surface area contributed by atoms with Crippen LogP contribution in [0.5, 0.6) is 57.5 Å². The Labute approximate surface area is 788 Å². The summed E-state index contributed by atoms with van der Waals surface area (Å²) in [4.78, 5) is 112. The van der Waals surface area contributed by atoms with Gasteiger partial charge >= 0.3 is 5.97 Å². The summed E-state index contributed by atoms with van der Waals surface area (Å²) in [5, 5.41) is 198. The quantitative estimate of drug-likeness (QED) is 0.0451. The average Bonchev–Trinajstić information content (AvgIpc) is 0.759. The number of methoxy groups -OCH3 is 1. The second kappa shape index (κ2) is 41.9. The van der Waals surface area contributed by atoms with Crippen molar-refractivity contribution in [2.75, 3.05) is 27.4 Å². The van der Waals surface area contributed by atoms with E-state index >= 15 is 28.8 Å². The fourth-order valence-electron chi connectivity index (χ4n) is 17.5. The molecule has 11 bridgehead atoms. The summed E-state index contributed by atoms with van der Waals surface area (Å²) in [5.41, 5.74) is 9.57. The zero-order valence-corrected chi connectivity index (χ0v) is 74.7. The molecular formula is C90H103Cl2N9O36. The second-order valence-corrected chi connectivity index (χ2v) is 35.0. The van der Waals surface area contributed by atoms with E-state index in [4.69, 9.17) is 96.2 Å². The summed E-state index contributed by atoms with van der Waals surface area (Å²) in [5.74, 6) is -16.1. The van der Waals surface area contributed by atoms with Gasteiger partial charge in [0, 0.05) is 54.8 Å². The fourth-order valence-corrected chi connectivity index (χ4v) is 17.9. The van der Waals surface area contributed by atoms with Crippen LogP contribution in [0.4, 0.5) is 0 Å². The second-order valence-electron chi connectivity index (χ2n) is 34.2. The molecule has 7 aromatic rings. The normalized spacial score (nSPS) is 33.8. The number of aliphatic hydroxyl groups excluding tert-OH is 11. The molecule has 27 N–H and O–H groups in total. The lowest BCUT2D eigenvalue weighted by molar-refractivity contribution is -0.330. The monoisotopic (exact) mass is 1960 g/mol. The number of nitrogens with one attached hydrogen (secondary N) is 7. The van der Waals surface area contributed by atoms with Crippen LogP contribution in [-0.2, 0) is 76.2 Å². The first kappa shape index (κ1) is 100. The Bertz CT molecular complexity index is 5580. The number of aliphatic carboxylic acids is 1. The minimum absolute atomic E-state index is 0.0847. The molecule has 10 heterocycles. The largest absolute Gasteiger partial charge is 0.508 e. The summed E-state index contributed by atoms with van der Waals surface area (Å²) < 4.78 is 82.0. The highest BCUT2D eigenvalue weighted by Crippen LogP contribution is 2.51. The van der Waals surface area contributed by atoms with Gasteiger partial charge in [-0.2, -0.15) is 0 Å². The number of aromatic hydroxyl groups is 4. The van der Waals surface area contributed by atoms with Gasteiger partial charge in [0.2, 0.25) is 53.8 Å². The molecule has 45 nitrogen and oxygen atoms in total. The number of benzene rings is 7. The Morgan fingerprint density at radius 1 is 0.489 bits per heavy atom. The first-order valence-electron chi connectivity index (χ1n) is 43.3. The van der Waals surface area contributed by atoms with Gasteiger partial charge in [-0.05, 0) is 140 Å². The van der Waals surface area contributed by atoms with Crippen molar-refractivity contribution < 1.29 is 177 Å². The van der Waals surface area contributed by atoms with Gasteiger partial charge in [0.05, 0.1) is 53.8 Å². The lowest BCUT2D eigenvalue weighted by Gasteiger charge is -2.44. The van der Waals surface area contributed by atoms with Crippen molar-refractivity contribution in [3.05, 3.63) is 176 Å². The van der Waals surface area contributed by atoms with E-state index in [0.717, 1.165) is 72.8 Å². The van der Waals surface area contributed by atoms with Crippen LogP contribution in [0.15, 0.2) is 127 Å². The Kier molecular flexibility index (Phi) is 30.7. The third-order valence-corrected chi connectivity index (χ3v) is 25.6. The van der Waals surface area contributed by atoms with Crippen molar-refractivity contribution >= 4 is 64.6 Å². The number of aliphatic hydroxyl groups is 11. The predicted molar refractivity (Wildman–Crippen MR) is 466 cm³/mol. The third-order valence-electron chi connectivity index (χ3n) is 25.0. The van der Waals surface area contributed by atoms with Crippen LogP contribution in [0.3, 0.4) is 0 Å². The molecule has 6 amide bonds. The van der Waals surface area contributed by atoms with Gasteiger partial charge in [-0.3, -0.25) is 28.8 Å². The molecule has 0 saturated carbocycles. The number of likely N-dealkylation sites (N-methyl/N-ethyl adjacent to an activating group) is 1. The van der Waals surface area contributed by atoms with E-state index in [0.29, 0.717) is 0 Å². The number of rotatable bonds is 19. The molecule has 5 fully saturated rings. The number of hydrogen-bond donors (Lipinski definition) is 25. The lowest BCUT2D eigenvalue weighted by Crippen LogP contribution is -2.62. The number of hydrogen-bond acceptors (Lipinski definition) is 38. The number of ether oxygens (including phenoxy) is 13. The summed E-state index contributed by atoms with van der Waals surface area (Å²) in [6.45, 7) is 2.33. The van der Waals surface area contributed by atoms with E-state index in [1.54, 1.807) is 0 Å². The molecule has 0 aliphatic carbocycles. The summed E-state index contributed by atoms with van der Waals surface area (Å²) in [6, 6.07) is 5.97. The number of fused-ring (bicyclic) bond motifs is 15. The number of carbonyl (C=O) groups excluding carboxylic acids is 6. The van der Waals surface area contributed by atoms with E-state index in [1.165, 1.54) is 89.5 Å². The summed E-state index contributed by atoms with van der Waals surface area (Å²) in [7, 11) is 2.61. The predicted octanol–water partition coefficient (Wildman–Crippen LogP) is -1.22. The molecule has 0 unspecified atom stereocenters. The number of nitrogens with two attached hydrogens (primary N) is 2. The molecule has 17 rings (SSSR count). The number of amides is 6. The number of halogens is 2. The van der Waals surface area contributed by atoms with Crippen LogP contribution >= 0.6 is 23.2 Å². The molecule has 0 radical (unpaired) electrons. The average molecular weight is 1960 g/mol. The van der Waals surface area contributed by atoms with Crippen LogP contribution < -0.4 is 67.6 Å². The van der Waals surface area contributed by atoms with Gasteiger partial charge in [-0.1, -0.05) is 65.7 Å². The molecule has 5 saturated heterocycles. The molecule has 0 aromatic heterocycles. The Hall–Kier alpha value is -11.1. The molecule has 137 heavy (non-hydrogen) atoms. The van der Waals surface area contributed by atoms with Crippen molar-refractivity contribution in [1.29, 1.82) is 0 Å². The first-order chi connectivity index (χ1) is 65.2. The van der Waals surface area contributed by atoms with Gasteiger partial charge in [0.15, 0.2) is 42.5 Å². The highest BCUT2D eigenvalue weighted by Gasteiger charge is 2.53. The van der Waals surface area contributed by atoms with Crippen molar-refractivity contribution in [2.24, 2.45) is 11.5 Å². The molecule has 738 valence electrons. The molecule has 0 spiro atoms. The number of phenols is 4. The number of carboxylic acid groups (broad SMARTS) is 1. The van der Waals surface area contributed by atoms with Crippen LogP contribution in [0, 0.1) is 0 Å². The molecule has 10 aliphatic rings. The Balaban J connectivity index is 0.955. The standard InChI is InChI=1S/C90H103Cl2N9O36/c1-31-67(108)47(93)27-57(126-31)134-77-38-12-19-52(46(92)22-38)131-54-24-39-23-53(78(54)137-90-80(74(115)71(112)56(30-103)133-90)135-58-28-48(94)68(109)32(2)127-58)129-41-15-8-35(9-16-41)76(136-88-75(116)72(113)70(111)55(29-102)132-88)65(100-81(117)60(95-4)34-6-13-42(14-7-34)130-89-79(125-5)73(114)69(110)33(3)128-89)85(121)97-62(37-11-18-50(106)45(91)21-37)82(118)98-63(39)84(120)96-61-36-10-17-49(105)43(20-36)59-44(25-40(104)26-51(59)107)64(87(123)124)99-86(122)66(77)101-83(61)119/h6-26,31-33,47-48,55-58,60-77,79-80,88-90,95,102-116H,27-30,93-94H2,1-5H3,(H,96,120)(H,97,121)(H,98,118)(H,99,122)(H,100,117)(H,101,119)(H,123,124)/t31-,32-,33+,47-,48-,55+,56+,57+,58+,60+,61+,62-,63-,64+,65-,66-,67+,68+,69+,70+,71+,72+,73+,74+,75+,76+,77+,79+,80+,88-,89-,90+/m1/s1. The maximum atomic E-state index is 17.0. The van der Waals surface area contributed by atoms with Crippen molar-refractivity contribution in [2.45, 2.75) is 229 Å². The maximum Gasteiger partial charge on any atom is 0.330 e. The zero-order valence-electron chi connectivity index (χ0n) is 73.2. The number of carboxylic acids is 1. The highest BCUT2D eigenvalue weighted by atomic mass is 35.5. The molecular weight excluding hydrogens is 1850 g/mol. The Morgan fingerprint density at radius 3 is 1.63 bits per heavy atom. The van der Waals surface area contributed by atoms with Crippen LogP contribution in [0.2, 0.25) is 10.0 Å². The summed E-state index contributed by atoms with van der Waals surface area (Å²) in [6.07, 6.45) is -39.1. The minimum atomic E-state index is -2.49. The van der Waals surface area contributed by atoms with Gasteiger partial charge in [-0.15, -0.1) is 0 Å². The van der Waals surface area contributed by atoms with Crippen molar-refractivity contribution in [1.82, 2.24) is 37.2 Å². The van der Waals surface area contributed by atoms with E-state index < -0.39 is 334 Å². The van der Waals surface area contributed by atoms with E-state index in [1.807, 2.05) is 0 Å². The lowest BCUT2D eigenvalue weighted by atomic mass is 9.89. The zero-order chi connectivity index (χ0) is 98.5. The third kappa shape index (κ3) is 21.0. The SMILES string of the molecule is CN[C@H](C(=O)N[C@H]1C(=O)N[C@H](c2ccc(O)c(Cl)c2)C(=O)N[C@H]2C(=O)N[C@@H]3C(=O)N[C@@H](C(=O)N[C@H](C(=O)O)c4cc(O)cc(O)c4-c4cc3ccc4O)[C@@H](O[C@H]3C[C@@H](N)[C@@H](O)[C@@H](C)O3)c3ccc(c(Cl)c3)Oc3cc2cc(c3O[C@@H]2O[C@@H](CO)[C@H](O)[C@H](O)[C@@H]2O[C@H]2C[C@@H](N)[C@@H](O)[C@@H](C)O2)Oc2ccc(cc2)[C@@H]1O[C@H]1O[C@@H](CO)[C@H](O)[C@H](O)[C@@H]1O)c1ccc(O[C@H]2O[C@@H](C)[C@H](O)[C@H](O)[C@@H]2OC)cc1. The van der Waals surface area contributed by atoms with Gasteiger partial charge in [0.1, 0.15) is 150 Å². The topological polar surface area (TPSA) is 699 Å². The number of phenolic OH excluding ortho intramolecular Hbond substituents is 4. The minimum Gasteiger partial charge on any atom is -0.508 e. The van der Waals surface area contributed by atoms with Gasteiger partial charge in [-0.25, -0.2) is 4.79 Å². The van der Waals surface area contributed by atoms with E-state index in [9.17, 15) is 86.5 Å². The van der Waals surface area contributed by atoms with E-state index in [-0.39, 0.29) is 46.6 Å². The van der Waals surface area contributed by atoms with Crippen LogP contribution in [0.1, 0.15) is 115 Å². The maximum absolute atomic E-state index is 17.0. The van der Waals surface area contributed by atoms with Crippen LogP contribution in [0.25, 0.3) is 11.1 Å². The molecule has 32 atom stereocenters. The Morgan fingerprint density at radius 2 is 1.03 bits per heavy atom. The van der Waals surface area contributed by atoms with E-state index in [2.05, 4.69) is 37.2 Å². The fraction of sp³-hybridized carbons (Fsp3) is 0.456. The summed E-state index contributed by atoms with van der Waals surface area (Å²) >= 11 is 14.2. The molecule has 10 aliphatic heterocycles. The molecule has 7 aromatic carbocycles. The van der Waals surface area contributed by atoms with Gasteiger partial charge < -0.3 is 192 Å². The highest BCUT2D eigenvalue weighted by molar-refractivity contribution is 6.32. The smallest absolute Gasteiger partial charge is 0.330 e. The van der Waals surface area contributed by atoms with Crippen LogP contribution in [-0.4, -0.2) is 304 Å². The van der Waals surface area contributed by atoms with Crippen molar-refractivity contribution in [3.8, 4) is 68.6 Å². The number of carbonyl (C=O) groups is 7. The molecule has 47 heteroatoms. The van der Waals surface area contributed by atoms with Gasteiger partial charge in [0.25, 0.3) is 0 Å². The first-order valence-corrected chi connectivity index (χ1v) is 44.1.